The number of anilines is 1. The highest BCUT2D eigenvalue weighted by molar-refractivity contribution is 6.21. The lowest BCUT2D eigenvalue weighted by atomic mass is 10.2. The van der Waals surface area contributed by atoms with Crippen LogP contribution in [0.1, 0.15) is 6.42 Å². The van der Waals surface area contributed by atoms with Crippen molar-refractivity contribution in [3.05, 3.63) is 24.3 Å². The highest BCUT2D eigenvalue weighted by Crippen LogP contribution is 2.24. The number of rotatable bonds is 5. The lowest BCUT2D eigenvalue weighted by Gasteiger charge is -2.14. The number of nitrogens with two attached hydrogens (primary N) is 1. The summed E-state index contributed by atoms with van der Waals surface area (Å²) in [5.74, 6) is -0.393. The van der Waals surface area contributed by atoms with Gasteiger partial charge in [-0.15, -0.1) is 0 Å². The number of esters is 1. The number of methoxy groups -OCH3 is 2. The van der Waals surface area contributed by atoms with Gasteiger partial charge in [-0.25, -0.2) is 9.69 Å². The van der Waals surface area contributed by atoms with Crippen LogP contribution in [0.5, 0.6) is 5.75 Å². The van der Waals surface area contributed by atoms with Gasteiger partial charge < -0.3 is 14.8 Å². The van der Waals surface area contributed by atoms with Crippen LogP contribution in [-0.2, 0) is 19.1 Å². The number of hydrogen-bond acceptors (Lipinski definition) is 5. The van der Waals surface area contributed by atoms with E-state index in [9.17, 15) is 14.4 Å². The second-order valence-corrected chi connectivity index (χ2v) is 4.59. The van der Waals surface area contributed by atoms with Gasteiger partial charge >= 0.3 is 5.97 Å². The molecule has 0 saturated carbocycles. The van der Waals surface area contributed by atoms with Crippen LogP contribution in [0.4, 0.5) is 5.69 Å². The molecule has 21 heavy (non-hydrogen) atoms. The summed E-state index contributed by atoms with van der Waals surface area (Å²) >= 11 is 0. The molecule has 1 aliphatic heterocycles. The molecule has 0 bridgehead atoms. The Labute approximate surface area is 121 Å². The molecule has 2 N–H and O–H groups in total. The molecule has 2 amide bonds. The lowest BCUT2D eigenvalue weighted by Crippen LogP contribution is -2.93. The Morgan fingerprint density at radius 3 is 2.52 bits per heavy atom. The van der Waals surface area contributed by atoms with E-state index in [0.29, 0.717) is 11.4 Å². The zero-order valence-electron chi connectivity index (χ0n) is 11.9. The molecule has 2 rings (SSSR count). The zero-order valence-corrected chi connectivity index (χ0v) is 11.9. The molecule has 0 aromatic heterocycles. The Morgan fingerprint density at radius 2 is 1.95 bits per heavy atom. The van der Waals surface area contributed by atoms with E-state index in [4.69, 9.17) is 4.74 Å². The molecule has 1 aromatic rings. The Balaban J connectivity index is 2.08. The fourth-order valence-electron chi connectivity index (χ4n) is 2.16. The van der Waals surface area contributed by atoms with Gasteiger partial charge in [0.2, 0.25) is 5.91 Å². The number of hydrogen-bond donors (Lipinski definition) is 1. The summed E-state index contributed by atoms with van der Waals surface area (Å²) in [6.07, 6.45) is 0.0713. The first kappa shape index (κ1) is 15.0. The summed E-state index contributed by atoms with van der Waals surface area (Å²) in [6, 6.07) is 6.08. The molecule has 1 atom stereocenters. The van der Waals surface area contributed by atoms with Crippen molar-refractivity contribution in [2.24, 2.45) is 0 Å². The monoisotopic (exact) mass is 293 g/mol. The van der Waals surface area contributed by atoms with Gasteiger partial charge in [0, 0.05) is 0 Å². The molecule has 1 fully saturated rings. The van der Waals surface area contributed by atoms with E-state index in [2.05, 4.69) is 4.74 Å². The van der Waals surface area contributed by atoms with Crippen LogP contribution in [-0.4, -0.2) is 44.6 Å². The molecule has 0 unspecified atom stereocenters. The van der Waals surface area contributed by atoms with E-state index in [-0.39, 0.29) is 24.8 Å². The van der Waals surface area contributed by atoms with Crippen LogP contribution in [0.15, 0.2) is 24.3 Å². The average Bonchev–Trinajstić information content (AvgIpc) is 2.79. The van der Waals surface area contributed by atoms with Crippen LogP contribution in [0.3, 0.4) is 0 Å². The van der Waals surface area contributed by atoms with E-state index in [1.54, 1.807) is 31.4 Å². The van der Waals surface area contributed by atoms with Gasteiger partial charge in [0.05, 0.1) is 26.3 Å². The largest absolute Gasteiger partial charge is 0.497 e. The standard InChI is InChI=1S/C14H16N2O5/c1-20-10-5-3-9(4-6-10)16-12(17)7-11(14(16)19)15-8-13(18)21-2/h3-6,11,15H,7-8H2,1-2H3/p+1/t11-/m0/s1. The minimum Gasteiger partial charge on any atom is -0.497 e. The lowest BCUT2D eigenvalue weighted by molar-refractivity contribution is -0.665. The van der Waals surface area contributed by atoms with Gasteiger partial charge in [0.1, 0.15) is 5.75 Å². The zero-order chi connectivity index (χ0) is 15.4. The molecular weight excluding hydrogens is 276 g/mol. The SMILES string of the molecule is COC(=O)C[NH2+][C@H]1CC(=O)N(c2ccc(OC)cc2)C1=O. The van der Waals surface area contributed by atoms with E-state index in [1.165, 1.54) is 12.4 Å². The summed E-state index contributed by atoms with van der Waals surface area (Å²) in [7, 11) is 2.82. The van der Waals surface area contributed by atoms with Crippen molar-refractivity contribution in [1.29, 1.82) is 0 Å². The summed E-state index contributed by atoms with van der Waals surface area (Å²) in [5.41, 5.74) is 0.500. The number of imide groups is 1. The van der Waals surface area contributed by atoms with Crippen molar-refractivity contribution in [2.75, 3.05) is 25.7 Å². The van der Waals surface area contributed by atoms with Gasteiger partial charge in [0.25, 0.3) is 5.91 Å². The van der Waals surface area contributed by atoms with E-state index < -0.39 is 12.0 Å². The third-order valence-electron chi connectivity index (χ3n) is 3.31. The van der Waals surface area contributed by atoms with Crippen molar-refractivity contribution in [1.82, 2.24) is 0 Å². The third-order valence-corrected chi connectivity index (χ3v) is 3.31. The Hall–Kier alpha value is -2.41. The van der Waals surface area contributed by atoms with Crippen molar-refractivity contribution in [2.45, 2.75) is 12.5 Å². The van der Waals surface area contributed by atoms with Gasteiger partial charge in [-0.05, 0) is 24.3 Å². The molecule has 1 aliphatic rings. The van der Waals surface area contributed by atoms with Crippen LogP contribution in [0.2, 0.25) is 0 Å². The summed E-state index contributed by atoms with van der Waals surface area (Å²) in [5, 5.41) is 1.52. The number of amides is 2. The second kappa shape index (κ2) is 6.36. The summed E-state index contributed by atoms with van der Waals surface area (Å²) in [4.78, 5) is 36.5. The van der Waals surface area contributed by atoms with Gasteiger partial charge in [-0.3, -0.25) is 9.59 Å². The number of benzene rings is 1. The number of quaternary nitrogens is 1. The fraction of sp³-hybridized carbons (Fsp3) is 0.357. The van der Waals surface area contributed by atoms with Crippen molar-refractivity contribution < 1.29 is 29.2 Å². The van der Waals surface area contributed by atoms with Gasteiger partial charge in [0.15, 0.2) is 12.6 Å². The maximum absolute atomic E-state index is 12.3. The highest BCUT2D eigenvalue weighted by atomic mass is 16.5. The Kier molecular flexibility index (Phi) is 4.54. The molecule has 1 heterocycles. The smallest absolute Gasteiger partial charge is 0.361 e. The first-order valence-electron chi connectivity index (χ1n) is 6.47. The molecule has 112 valence electrons. The van der Waals surface area contributed by atoms with E-state index in [1.807, 2.05) is 0 Å². The molecule has 1 aromatic carbocycles. The molecule has 0 spiro atoms. The number of nitrogens with zero attached hydrogens (tertiary/aromatic N) is 1. The third kappa shape index (κ3) is 3.19. The predicted molar refractivity (Wildman–Crippen MR) is 72.7 cm³/mol. The van der Waals surface area contributed by atoms with Crippen LogP contribution in [0.25, 0.3) is 0 Å². The van der Waals surface area contributed by atoms with E-state index >= 15 is 0 Å². The van der Waals surface area contributed by atoms with Crippen LogP contribution in [0, 0.1) is 0 Å². The van der Waals surface area contributed by atoms with E-state index in [0.717, 1.165) is 4.90 Å². The number of ether oxygens (including phenoxy) is 2. The molecular formula is C14H17N2O5+. The normalized spacial score (nSPS) is 18.0. The minimum atomic E-state index is -0.585. The molecule has 1 saturated heterocycles. The Morgan fingerprint density at radius 1 is 1.29 bits per heavy atom. The van der Waals surface area contributed by atoms with Gasteiger partial charge in [-0.2, -0.15) is 0 Å². The predicted octanol–water partition coefficient (Wildman–Crippen LogP) is -0.936. The van der Waals surface area contributed by atoms with Crippen LogP contribution < -0.4 is 15.0 Å². The molecule has 7 nitrogen and oxygen atoms in total. The van der Waals surface area contributed by atoms with Crippen LogP contribution >= 0.6 is 0 Å². The molecule has 0 radical (unpaired) electrons. The van der Waals surface area contributed by atoms with Crippen molar-refractivity contribution in [3.63, 3.8) is 0 Å². The first-order valence-corrected chi connectivity index (χ1v) is 6.47. The fourth-order valence-corrected chi connectivity index (χ4v) is 2.16. The molecule has 7 heteroatoms. The summed E-state index contributed by atoms with van der Waals surface area (Å²) in [6.45, 7) is 0.0106. The maximum atomic E-state index is 12.3. The highest BCUT2D eigenvalue weighted by Gasteiger charge is 2.42. The van der Waals surface area contributed by atoms with Gasteiger partial charge in [-0.1, -0.05) is 0 Å². The number of carbonyl (C=O) groups is 3. The Bertz CT molecular complexity index is 555. The minimum absolute atomic E-state index is 0.0106. The molecule has 0 aliphatic carbocycles. The second-order valence-electron chi connectivity index (χ2n) is 4.59. The first-order chi connectivity index (χ1) is 10.1. The summed E-state index contributed by atoms with van der Waals surface area (Å²) < 4.78 is 9.55. The average molecular weight is 293 g/mol. The van der Waals surface area contributed by atoms with Crippen molar-refractivity contribution in [3.8, 4) is 5.75 Å². The topological polar surface area (TPSA) is 89.5 Å². The quantitative estimate of drug-likeness (QED) is 0.559. The number of carbonyl (C=O) groups excluding carboxylic acids is 3. The maximum Gasteiger partial charge on any atom is 0.361 e. The van der Waals surface area contributed by atoms with Crippen molar-refractivity contribution >= 4 is 23.5 Å².